The summed E-state index contributed by atoms with van der Waals surface area (Å²) in [5.74, 6) is -0.612. The largest absolute Gasteiger partial charge is 0.446 e. The van der Waals surface area contributed by atoms with Crippen molar-refractivity contribution < 1.29 is 23.5 Å². The van der Waals surface area contributed by atoms with Crippen molar-refractivity contribution in [2.75, 3.05) is 6.61 Å². The first-order valence-electron chi connectivity index (χ1n) is 9.43. The molecule has 0 spiro atoms. The normalized spacial score (nSPS) is 15.3. The average molecular weight is 458 g/mol. The minimum Gasteiger partial charge on any atom is -0.446 e. The highest BCUT2D eigenvalue weighted by Crippen LogP contribution is 2.32. The summed E-state index contributed by atoms with van der Waals surface area (Å²) in [5, 5.41) is 1.02. The highest BCUT2D eigenvalue weighted by Gasteiger charge is 2.42. The van der Waals surface area contributed by atoms with E-state index in [0.717, 1.165) is 16.0 Å². The van der Waals surface area contributed by atoms with Crippen LogP contribution >= 0.6 is 23.2 Å². The molecule has 3 rings (SSSR count). The maximum Gasteiger partial charge on any atom is 0.420 e. The molecule has 8 heteroatoms. The van der Waals surface area contributed by atoms with E-state index in [9.17, 15) is 14.0 Å². The van der Waals surface area contributed by atoms with Gasteiger partial charge < -0.3 is 9.47 Å². The second kappa shape index (κ2) is 11.8. The number of benzene rings is 2. The maximum absolute atomic E-state index is 14.0. The quantitative estimate of drug-likeness (QED) is 0.451. The van der Waals surface area contributed by atoms with Gasteiger partial charge in [0.1, 0.15) is 24.1 Å². The van der Waals surface area contributed by atoms with Crippen LogP contribution in [0.25, 0.3) is 0 Å². The molecule has 0 aromatic heterocycles. The molecule has 2 aromatic rings. The molecule has 1 unspecified atom stereocenters. The molecule has 164 valence electrons. The second-order valence-corrected chi connectivity index (χ2v) is 7.78. The predicted octanol–water partition coefficient (Wildman–Crippen LogP) is 7.27. The summed E-state index contributed by atoms with van der Waals surface area (Å²) in [6.45, 7) is 8.88. The number of amides is 2. The summed E-state index contributed by atoms with van der Waals surface area (Å²) in [4.78, 5) is 24.6. The van der Waals surface area contributed by atoms with Crippen molar-refractivity contribution in [1.82, 2.24) is 4.90 Å². The molecule has 0 N–H and O–H groups in total. The van der Waals surface area contributed by atoms with Gasteiger partial charge in [0.15, 0.2) is 0 Å². The fourth-order valence-electron chi connectivity index (χ4n) is 2.35. The molecule has 1 saturated heterocycles. The Balaban J connectivity index is 0.000000418. The zero-order valence-electron chi connectivity index (χ0n) is 17.6. The van der Waals surface area contributed by atoms with Crippen LogP contribution in [0.1, 0.15) is 46.2 Å². The minimum absolute atomic E-state index is 0.128. The molecule has 0 radical (unpaired) electrons. The van der Waals surface area contributed by atoms with Crippen molar-refractivity contribution >= 4 is 35.4 Å². The van der Waals surface area contributed by atoms with Crippen LogP contribution in [0.5, 0.6) is 0 Å². The lowest BCUT2D eigenvalue weighted by atomic mass is 10.1. The summed E-state index contributed by atoms with van der Waals surface area (Å²) in [7, 11) is 0. The zero-order chi connectivity index (χ0) is 22.9. The third-order valence-electron chi connectivity index (χ3n) is 3.52. The number of carbonyl (C=O) groups excluding carboxylic acids is 2. The van der Waals surface area contributed by atoms with Crippen LogP contribution in [0, 0.1) is 5.82 Å². The minimum atomic E-state index is -0.871. The van der Waals surface area contributed by atoms with Crippen LogP contribution in [0.4, 0.5) is 14.0 Å². The third kappa shape index (κ3) is 7.84. The lowest BCUT2D eigenvalue weighted by Gasteiger charge is -2.25. The molecular weight excluding hydrogens is 432 g/mol. The Hall–Kier alpha value is -2.31. The molecule has 2 amide bonds. The second-order valence-electron chi connectivity index (χ2n) is 6.90. The number of hydrogen-bond acceptors (Lipinski definition) is 4. The van der Waals surface area contributed by atoms with Crippen LogP contribution in [0.3, 0.4) is 0 Å². The van der Waals surface area contributed by atoms with Crippen molar-refractivity contribution in [3.63, 3.8) is 0 Å². The summed E-state index contributed by atoms with van der Waals surface area (Å²) in [6.07, 6.45) is -1.73. The van der Waals surface area contributed by atoms with Gasteiger partial charge in [-0.05, 0) is 45.0 Å². The van der Waals surface area contributed by atoms with Crippen molar-refractivity contribution in [3.8, 4) is 0 Å². The van der Waals surface area contributed by atoms with Gasteiger partial charge in [-0.1, -0.05) is 61.3 Å². The molecule has 1 aliphatic heterocycles. The standard InChI is InChI=1S/C14H15ClFNO4.C6H5Cl.C2H6/c1-14(2,3)21-13(19)17-11(7-20-12(17)18)9-5-4-8(15)6-10(9)16;7-6-4-2-1-3-5-6;1-2/h4-6,11H,7H2,1-3H3;1-5H;1-2H3. The topological polar surface area (TPSA) is 55.8 Å². The number of halogens is 3. The van der Waals surface area contributed by atoms with Crippen molar-refractivity contribution in [1.29, 1.82) is 0 Å². The molecule has 5 nitrogen and oxygen atoms in total. The van der Waals surface area contributed by atoms with Crippen molar-refractivity contribution in [3.05, 3.63) is 70.0 Å². The van der Waals surface area contributed by atoms with E-state index in [2.05, 4.69) is 0 Å². The van der Waals surface area contributed by atoms with E-state index in [4.69, 9.17) is 32.7 Å². The fraction of sp³-hybridized carbons (Fsp3) is 0.364. The maximum atomic E-state index is 14.0. The Morgan fingerprint density at radius 3 is 2.17 bits per heavy atom. The Morgan fingerprint density at radius 1 is 1.10 bits per heavy atom. The number of rotatable bonds is 1. The van der Waals surface area contributed by atoms with Gasteiger partial charge in [-0.15, -0.1) is 0 Å². The van der Waals surface area contributed by atoms with Crippen molar-refractivity contribution in [2.24, 2.45) is 0 Å². The van der Waals surface area contributed by atoms with Gasteiger partial charge in [0.05, 0.1) is 0 Å². The first kappa shape index (κ1) is 25.7. The predicted molar refractivity (Wildman–Crippen MR) is 116 cm³/mol. The first-order chi connectivity index (χ1) is 14.1. The SMILES string of the molecule is CC.CC(C)(C)OC(=O)N1C(=O)OCC1c1ccc(Cl)cc1F.Clc1ccccc1. The van der Waals surface area contributed by atoms with Gasteiger partial charge in [-0.3, -0.25) is 0 Å². The van der Waals surface area contributed by atoms with Crippen LogP contribution in [-0.2, 0) is 9.47 Å². The fourth-order valence-corrected chi connectivity index (χ4v) is 2.65. The molecule has 1 fully saturated rings. The monoisotopic (exact) mass is 457 g/mol. The number of cyclic esters (lactones) is 1. The first-order valence-corrected chi connectivity index (χ1v) is 10.2. The third-order valence-corrected chi connectivity index (χ3v) is 4.00. The number of carbonyl (C=O) groups is 2. The van der Waals surface area contributed by atoms with Gasteiger partial charge in [-0.25, -0.2) is 18.9 Å². The van der Waals surface area contributed by atoms with Crippen LogP contribution < -0.4 is 0 Å². The summed E-state index contributed by atoms with van der Waals surface area (Å²) in [5.41, 5.74) is -0.626. The highest BCUT2D eigenvalue weighted by molar-refractivity contribution is 6.30. The molecular formula is C22H26Cl2FNO4. The summed E-state index contributed by atoms with van der Waals surface area (Å²) < 4.78 is 24.0. The van der Waals surface area contributed by atoms with Crippen molar-refractivity contribution in [2.45, 2.75) is 46.3 Å². The van der Waals surface area contributed by atoms with E-state index in [0.29, 0.717) is 0 Å². The molecule has 1 atom stereocenters. The Labute approximate surface area is 186 Å². The molecule has 30 heavy (non-hydrogen) atoms. The van der Waals surface area contributed by atoms with Crippen LogP contribution in [-0.4, -0.2) is 29.3 Å². The van der Waals surface area contributed by atoms with E-state index < -0.39 is 29.6 Å². The molecule has 1 heterocycles. The smallest absolute Gasteiger partial charge is 0.420 e. The Bertz CT molecular complexity index is 841. The van der Waals surface area contributed by atoms with Gasteiger partial charge in [0.2, 0.25) is 0 Å². The highest BCUT2D eigenvalue weighted by atomic mass is 35.5. The van der Waals surface area contributed by atoms with Gasteiger partial charge in [-0.2, -0.15) is 0 Å². The van der Waals surface area contributed by atoms with Crippen LogP contribution in [0.15, 0.2) is 48.5 Å². The molecule has 0 aliphatic carbocycles. The van der Waals surface area contributed by atoms with Gasteiger partial charge >= 0.3 is 12.2 Å². The van der Waals surface area contributed by atoms with E-state index >= 15 is 0 Å². The van der Waals surface area contributed by atoms with E-state index in [1.165, 1.54) is 12.1 Å². The number of hydrogen-bond donors (Lipinski definition) is 0. The van der Waals surface area contributed by atoms with E-state index in [1.54, 1.807) is 20.8 Å². The molecule has 2 aromatic carbocycles. The number of ether oxygens (including phenoxy) is 2. The molecule has 0 saturated carbocycles. The number of imide groups is 1. The molecule has 1 aliphatic rings. The van der Waals surface area contributed by atoms with Gasteiger partial charge in [0.25, 0.3) is 0 Å². The van der Waals surface area contributed by atoms with Crippen LogP contribution in [0.2, 0.25) is 10.0 Å². The zero-order valence-corrected chi connectivity index (χ0v) is 19.1. The van der Waals surface area contributed by atoms with E-state index in [-0.39, 0.29) is 17.2 Å². The summed E-state index contributed by atoms with van der Waals surface area (Å²) in [6, 6.07) is 12.6. The van der Waals surface area contributed by atoms with Gasteiger partial charge in [0, 0.05) is 15.6 Å². The Morgan fingerprint density at radius 2 is 1.70 bits per heavy atom. The van der Waals surface area contributed by atoms with E-state index in [1.807, 2.05) is 44.2 Å². The average Bonchev–Trinajstić information content (AvgIpc) is 3.04. The Kier molecular flexibility index (Phi) is 10.1. The molecule has 0 bridgehead atoms. The summed E-state index contributed by atoms with van der Waals surface area (Å²) >= 11 is 11.2. The lowest BCUT2D eigenvalue weighted by molar-refractivity contribution is 0.0289. The number of nitrogens with zero attached hydrogens (tertiary/aromatic N) is 1. The lowest BCUT2D eigenvalue weighted by Crippen LogP contribution is -2.39.